The maximum Gasteiger partial charge on any atom is 0.347 e. The van der Waals surface area contributed by atoms with Gasteiger partial charge in [0, 0.05) is 15.6 Å². The molecule has 0 aliphatic carbocycles. The van der Waals surface area contributed by atoms with Gasteiger partial charge in [-0.25, -0.2) is 4.79 Å². The van der Waals surface area contributed by atoms with Crippen LogP contribution in [0.1, 0.15) is 5.56 Å². The predicted molar refractivity (Wildman–Crippen MR) is 96.7 cm³/mol. The molecule has 0 aliphatic rings. The van der Waals surface area contributed by atoms with E-state index in [1.54, 1.807) is 36.4 Å². The highest BCUT2D eigenvalue weighted by Crippen LogP contribution is 2.36. The molecule has 0 saturated carbocycles. The smallest absolute Gasteiger partial charge is 0.347 e. The van der Waals surface area contributed by atoms with Crippen molar-refractivity contribution in [3.05, 3.63) is 69.0 Å². The number of carboxylic acid groups (broad SMARTS) is 1. The fraction of sp³-hybridized carbons (Fsp3) is 0.0526. The first kappa shape index (κ1) is 15.7. The van der Waals surface area contributed by atoms with E-state index in [1.807, 2.05) is 12.1 Å². The zero-order valence-electron chi connectivity index (χ0n) is 12.8. The van der Waals surface area contributed by atoms with E-state index in [1.165, 1.54) is 0 Å². The molecule has 4 aromatic rings. The number of rotatable bonds is 3. The Hall–Kier alpha value is -2.86. The van der Waals surface area contributed by atoms with Crippen molar-refractivity contribution in [1.82, 2.24) is 0 Å². The third-order valence-corrected chi connectivity index (χ3v) is 4.51. The molecule has 0 atom stereocenters. The van der Waals surface area contributed by atoms with Gasteiger partial charge in [-0.3, -0.25) is 4.79 Å². The third kappa shape index (κ3) is 2.64. The lowest BCUT2D eigenvalue weighted by Crippen LogP contribution is -2.06. The van der Waals surface area contributed by atoms with Crippen molar-refractivity contribution in [3.8, 4) is 11.3 Å². The molecule has 124 valence electrons. The molecule has 2 heterocycles. The zero-order chi connectivity index (χ0) is 17.6. The second kappa shape index (κ2) is 5.89. The van der Waals surface area contributed by atoms with Crippen LogP contribution in [0, 0.1) is 0 Å². The Balaban J connectivity index is 2.13. The fourth-order valence-corrected chi connectivity index (χ4v) is 3.18. The van der Waals surface area contributed by atoms with E-state index in [2.05, 4.69) is 15.9 Å². The standard InChI is InChI=1S/C19H11BrO5/c20-11-7-5-10(6-8-11)17-13(9-15(21)22)16-18(25-17)12-3-1-2-4-14(12)24-19(16)23/h1-8H,9H2,(H,21,22). The summed E-state index contributed by atoms with van der Waals surface area (Å²) in [6.07, 6.45) is -0.332. The molecule has 0 bridgehead atoms. The van der Waals surface area contributed by atoms with Crippen molar-refractivity contribution in [2.24, 2.45) is 0 Å². The molecule has 0 aliphatic heterocycles. The first-order valence-corrected chi connectivity index (χ1v) is 8.29. The molecule has 5 nitrogen and oxygen atoms in total. The lowest BCUT2D eigenvalue weighted by atomic mass is 10.0. The fourth-order valence-electron chi connectivity index (χ4n) is 2.92. The number of carbonyl (C=O) groups is 1. The van der Waals surface area contributed by atoms with Crippen LogP contribution in [0.2, 0.25) is 0 Å². The second-order valence-electron chi connectivity index (χ2n) is 5.58. The summed E-state index contributed by atoms with van der Waals surface area (Å²) in [6, 6.07) is 14.3. The van der Waals surface area contributed by atoms with Crippen molar-refractivity contribution >= 4 is 43.8 Å². The van der Waals surface area contributed by atoms with Gasteiger partial charge >= 0.3 is 11.6 Å². The van der Waals surface area contributed by atoms with Crippen molar-refractivity contribution in [3.63, 3.8) is 0 Å². The summed E-state index contributed by atoms with van der Waals surface area (Å²) >= 11 is 3.37. The molecule has 25 heavy (non-hydrogen) atoms. The lowest BCUT2D eigenvalue weighted by molar-refractivity contribution is -0.136. The van der Waals surface area contributed by atoms with Crippen LogP contribution in [0.3, 0.4) is 0 Å². The Labute approximate surface area is 149 Å². The molecule has 2 aromatic heterocycles. The molecule has 0 amide bonds. The highest BCUT2D eigenvalue weighted by molar-refractivity contribution is 9.10. The molecule has 0 radical (unpaired) electrons. The molecule has 0 unspecified atom stereocenters. The molecule has 0 spiro atoms. The van der Waals surface area contributed by atoms with E-state index in [4.69, 9.17) is 8.83 Å². The highest BCUT2D eigenvalue weighted by atomic mass is 79.9. The summed E-state index contributed by atoms with van der Waals surface area (Å²) in [5, 5.41) is 10.1. The Morgan fingerprint density at radius 2 is 1.76 bits per heavy atom. The van der Waals surface area contributed by atoms with Gasteiger partial charge in [0.1, 0.15) is 16.7 Å². The molecule has 0 fully saturated rings. The molecular formula is C19H11BrO5. The Morgan fingerprint density at radius 1 is 1.04 bits per heavy atom. The van der Waals surface area contributed by atoms with E-state index < -0.39 is 11.6 Å². The summed E-state index contributed by atoms with van der Waals surface area (Å²) in [5.74, 6) is -0.679. The SMILES string of the molecule is O=C(O)Cc1c(-c2ccc(Br)cc2)oc2c1c(=O)oc1ccccc12. The van der Waals surface area contributed by atoms with Gasteiger partial charge in [-0.1, -0.05) is 40.2 Å². The summed E-state index contributed by atoms with van der Waals surface area (Å²) in [7, 11) is 0. The number of hydrogen-bond donors (Lipinski definition) is 1. The molecule has 4 rings (SSSR count). The summed E-state index contributed by atoms with van der Waals surface area (Å²) in [4.78, 5) is 23.8. The van der Waals surface area contributed by atoms with E-state index in [9.17, 15) is 14.7 Å². The first-order valence-electron chi connectivity index (χ1n) is 7.49. The Kier molecular flexibility index (Phi) is 3.69. The molecule has 2 aromatic carbocycles. The van der Waals surface area contributed by atoms with Crippen LogP contribution >= 0.6 is 15.9 Å². The van der Waals surface area contributed by atoms with Crippen molar-refractivity contribution in [1.29, 1.82) is 0 Å². The maximum absolute atomic E-state index is 12.5. The third-order valence-electron chi connectivity index (χ3n) is 3.98. The Morgan fingerprint density at radius 3 is 2.48 bits per heavy atom. The van der Waals surface area contributed by atoms with Crippen molar-refractivity contribution in [2.45, 2.75) is 6.42 Å². The van der Waals surface area contributed by atoms with Gasteiger partial charge in [0.2, 0.25) is 0 Å². The van der Waals surface area contributed by atoms with Crippen LogP contribution in [0.15, 0.2) is 66.6 Å². The van der Waals surface area contributed by atoms with Crippen LogP contribution in [0.5, 0.6) is 0 Å². The quantitative estimate of drug-likeness (QED) is 0.510. The number of furan rings is 1. The van der Waals surface area contributed by atoms with Crippen LogP contribution < -0.4 is 5.63 Å². The van der Waals surface area contributed by atoms with Gasteiger partial charge in [0.05, 0.1) is 11.8 Å². The van der Waals surface area contributed by atoms with Gasteiger partial charge in [0.15, 0.2) is 5.58 Å². The first-order chi connectivity index (χ1) is 12.0. The number of carboxylic acids is 1. The minimum Gasteiger partial charge on any atom is -0.481 e. The number of halogens is 1. The van der Waals surface area contributed by atoms with Gasteiger partial charge in [-0.15, -0.1) is 0 Å². The van der Waals surface area contributed by atoms with Crippen LogP contribution in [-0.2, 0) is 11.2 Å². The average Bonchev–Trinajstić information content (AvgIpc) is 2.95. The van der Waals surface area contributed by atoms with Gasteiger partial charge in [0.25, 0.3) is 0 Å². The van der Waals surface area contributed by atoms with Crippen LogP contribution in [0.4, 0.5) is 0 Å². The van der Waals surface area contributed by atoms with Gasteiger partial charge in [-0.05, 0) is 24.3 Å². The molecule has 1 N–H and O–H groups in total. The average molecular weight is 399 g/mol. The monoisotopic (exact) mass is 398 g/mol. The number of hydrogen-bond acceptors (Lipinski definition) is 4. The summed E-state index contributed by atoms with van der Waals surface area (Å²) in [6.45, 7) is 0. The maximum atomic E-state index is 12.5. The molecular weight excluding hydrogens is 388 g/mol. The number of fused-ring (bicyclic) bond motifs is 3. The van der Waals surface area contributed by atoms with E-state index in [0.717, 1.165) is 4.47 Å². The zero-order valence-corrected chi connectivity index (χ0v) is 14.4. The second-order valence-corrected chi connectivity index (χ2v) is 6.49. The number of benzene rings is 2. The minimum absolute atomic E-state index is 0.180. The van der Waals surface area contributed by atoms with Crippen LogP contribution in [-0.4, -0.2) is 11.1 Å². The topological polar surface area (TPSA) is 80.6 Å². The predicted octanol–water partition coefficient (Wildman–Crippen LogP) is 4.60. The normalized spacial score (nSPS) is 11.2. The van der Waals surface area contributed by atoms with E-state index in [0.29, 0.717) is 33.4 Å². The number of aliphatic carboxylic acids is 1. The van der Waals surface area contributed by atoms with Crippen LogP contribution in [0.25, 0.3) is 33.3 Å². The van der Waals surface area contributed by atoms with Gasteiger partial charge in [-0.2, -0.15) is 0 Å². The minimum atomic E-state index is -1.05. The largest absolute Gasteiger partial charge is 0.481 e. The lowest BCUT2D eigenvalue weighted by Gasteiger charge is -2.01. The molecule has 0 saturated heterocycles. The summed E-state index contributed by atoms with van der Waals surface area (Å²) < 4.78 is 12.2. The Bertz CT molecular complexity index is 1170. The molecule has 6 heteroatoms. The van der Waals surface area contributed by atoms with E-state index >= 15 is 0 Å². The van der Waals surface area contributed by atoms with E-state index in [-0.39, 0.29) is 11.8 Å². The van der Waals surface area contributed by atoms with Crippen molar-refractivity contribution in [2.75, 3.05) is 0 Å². The summed E-state index contributed by atoms with van der Waals surface area (Å²) in [5.41, 5.74) is 1.17. The van der Waals surface area contributed by atoms with Crippen molar-refractivity contribution < 1.29 is 18.7 Å². The van der Waals surface area contributed by atoms with Gasteiger partial charge < -0.3 is 13.9 Å². The highest BCUT2D eigenvalue weighted by Gasteiger charge is 2.23. The number of para-hydroxylation sites is 1.